The van der Waals surface area contributed by atoms with Crippen molar-refractivity contribution in [2.45, 2.75) is 19.6 Å². The fraction of sp³-hybridized carbons (Fsp3) is 0. The van der Waals surface area contributed by atoms with Gasteiger partial charge in [-0.25, -0.2) is 0 Å². The van der Waals surface area contributed by atoms with Gasteiger partial charge in [0.1, 0.15) is 0 Å². The van der Waals surface area contributed by atoms with Crippen LogP contribution in [-0.2, 0) is 0 Å². The highest BCUT2D eigenvalue weighted by atomic mass is 32.2. The molecule has 2 heterocycles. The number of hydrogen-bond acceptors (Lipinski definition) is 2. The van der Waals surface area contributed by atoms with Gasteiger partial charge in [-0.15, -0.1) is 0 Å². The van der Waals surface area contributed by atoms with Crippen LogP contribution in [0.15, 0.2) is 250 Å². The Morgan fingerprint density at radius 1 is 0.206 bits per heavy atom. The molecule has 68 heavy (non-hydrogen) atoms. The predicted octanol–water partition coefficient (Wildman–Crippen LogP) is 19.5. The van der Waals surface area contributed by atoms with Crippen LogP contribution in [-0.4, -0.2) is 0 Å². The van der Waals surface area contributed by atoms with Crippen LogP contribution in [0.4, 0.5) is 0 Å². The van der Waals surface area contributed by atoms with E-state index in [1.54, 1.807) is 0 Å². The number of rotatable bonds is 4. The molecule has 0 aliphatic carbocycles. The second-order valence-electron chi connectivity index (χ2n) is 18.2. The van der Waals surface area contributed by atoms with E-state index in [0.29, 0.717) is 0 Å². The molecule has 0 spiro atoms. The molecule has 0 bridgehead atoms. The lowest BCUT2D eigenvalue weighted by atomic mass is 9.85. The van der Waals surface area contributed by atoms with Gasteiger partial charge in [-0.05, 0) is 151 Å². The third-order valence-corrected chi connectivity index (χ3v) is 16.8. The molecule has 0 unspecified atom stereocenters. The quantitative estimate of drug-likeness (QED) is 0.161. The summed E-state index contributed by atoms with van der Waals surface area (Å²) in [5, 5.41) is 15.5. The highest BCUT2D eigenvalue weighted by Gasteiger charge is 2.28. The zero-order valence-corrected chi connectivity index (χ0v) is 38.4. The van der Waals surface area contributed by atoms with Gasteiger partial charge in [0.2, 0.25) is 0 Å². The standard InChI is InChI=1S/C66H38S2/c1-2-15-40(16-3-1)61-47-18-6-8-20-49(47)63(50-21-9-7-19-48(50)61)43-28-30-45-55-32-33-56-46-31-29-44(38-60(46)68-58-35-34-57(65(55)66(56)58)67-59(45)37-43)64-53-24-12-10-22-51(53)62(52-23-11-13-25-54(52)64)42-27-26-39-14-4-5-17-41(39)36-42/h1-38H. The van der Waals surface area contributed by atoms with E-state index in [0.717, 1.165) is 0 Å². The van der Waals surface area contributed by atoms with Gasteiger partial charge in [-0.2, -0.15) is 0 Å². The van der Waals surface area contributed by atoms with Crippen molar-refractivity contribution < 1.29 is 0 Å². The van der Waals surface area contributed by atoms with E-state index >= 15 is 0 Å². The number of hydrogen-bond donors (Lipinski definition) is 0. The van der Waals surface area contributed by atoms with E-state index in [1.165, 1.54) is 151 Å². The van der Waals surface area contributed by atoms with Gasteiger partial charge in [0.15, 0.2) is 0 Å². The monoisotopic (exact) mass is 894 g/mol. The summed E-state index contributed by atoms with van der Waals surface area (Å²) < 4.78 is 0. The van der Waals surface area contributed by atoms with Gasteiger partial charge < -0.3 is 0 Å². The third-order valence-electron chi connectivity index (χ3n) is 14.6. The van der Waals surface area contributed by atoms with Gasteiger partial charge in [-0.3, -0.25) is 0 Å². The van der Waals surface area contributed by atoms with Crippen molar-refractivity contribution in [3.05, 3.63) is 231 Å². The van der Waals surface area contributed by atoms with Gasteiger partial charge >= 0.3 is 0 Å². The van der Waals surface area contributed by atoms with Crippen molar-refractivity contribution in [1.82, 2.24) is 0 Å². The van der Waals surface area contributed by atoms with E-state index in [9.17, 15) is 0 Å². The summed E-state index contributed by atoms with van der Waals surface area (Å²) >= 11 is 3.84. The fourth-order valence-corrected chi connectivity index (χ4v) is 14.0. The number of benzene rings is 13. The molecule has 0 aromatic heterocycles. The van der Waals surface area contributed by atoms with E-state index in [-0.39, 0.29) is 0 Å². The molecule has 0 saturated heterocycles. The first-order valence-corrected chi connectivity index (χ1v) is 25.0. The molecule has 13 aromatic rings. The molecule has 13 aromatic carbocycles. The Morgan fingerprint density at radius 3 is 0.985 bits per heavy atom. The molecule has 2 heteroatoms. The highest BCUT2D eigenvalue weighted by molar-refractivity contribution is 8.00. The molecule has 0 nitrogen and oxygen atoms in total. The summed E-state index contributed by atoms with van der Waals surface area (Å²) in [4.78, 5) is 5.25. The largest absolute Gasteiger partial charge is 0.0887 e. The molecule has 0 N–H and O–H groups in total. The molecule has 2 aliphatic heterocycles. The molecule has 2 aliphatic rings. The first-order chi connectivity index (χ1) is 33.7. The second-order valence-corrected chi connectivity index (χ2v) is 20.4. The smallest absolute Gasteiger partial charge is 0.0208 e. The maximum absolute atomic E-state index is 2.46. The molecular weight excluding hydrogens is 857 g/mol. The Hall–Kier alpha value is -7.88. The second kappa shape index (κ2) is 14.8. The van der Waals surface area contributed by atoms with Gasteiger partial charge in [-0.1, -0.05) is 224 Å². The Balaban J connectivity index is 0.856. The molecule has 0 atom stereocenters. The van der Waals surface area contributed by atoms with Crippen molar-refractivity contribution in [1.29, 1.82) is 0 Å². The lowest BCUT2D eigenvalue weighted by Gasteiger charge is -2.27. The minimum atomic E-state index is 1.25. The summed E-state index contributed by atoms with van der Waals surface area (Å²) in [5.74, 6) is 0. The first-order valence-electron chi connectivity index (χ1n) is 23.4. The van der Waals surface area contributed by atoms with Gasteiger partial charge in [0.25, 0.3) is 0 Å². The van der Waals surface area contributed by atoms with Gasteiger partial charge in [0.05, 0.1) is 0 Å². The third kappa shape index (κ3) is 5.59. The minimum Gasteiger partial charge on any atom is -0.0887 e. The maximum atomic E-state index is 2.46. The Morgan fingerprint density at radius 2 is 0.544 bits per heavy atom. The molecule has 0 amide bonds. The van der Waals surface area contributed by atoms with Crippen LogP contribution >= 0.6 is 23.5 Å². The molecule has 314 valence electrons. The first kappa shape index (κ1) is 38.2. The number of fused-ring (bicyclic) bond motifs is 9. The van der Waals surface area contributed by atoms with Crippen LogP contribution in [0, 0.1) is 0 Å². The Kier molecular flexibility index (Phi) is 8.33. The van der Waals surface area contributed by atoms with E-state index in [2.05, 4.69) is 231 Å². The van der Waals surface area contributed by atoms with E-state index in [4.69, 9.17) is 0 Å². The van der Waals surface area contributed by atoms with Crippen LogP contribution in [0.3, 0.4) is 0 Å². The molecule has 15 rings (SSSR count). The zero-order chi connectivity index (χ0) is 44.5. The summed E-state index contributed by atoms with van der Waals surface area (Å²) in [6, 6.07) is 86.3. The van der Waals surface area contributed by atoms with Crippen LogP contribution in [0.25, 0.3) is 131 Å². The van der Waals surface area contributed by atoms with Crippen molar-refractivity contribution in [3.63, 3.8) is 0 Å². The zero-order valence-electron chi connectivity index (χ0n) is 36.8. The summed E-state index contributed by atoms with van der Waals surface area (Å²) in [5.41, 5.74) is 15.4. The Labute approximate surface area is 402 Å². The average molecular weight is 895 g/mol. The lowest BCUT2D eigenvalue weighted by molar-refractivity contribution is 1.34. The minimum absolute atomic E-state index is 1.25. The van der Waals surface area contributed by atoms with Crippen LogP contribution in [0.1, 0.15) is 0 Å². The molecular formula is C66H38S2. The van der Waals surface area contributed by atoms with Crippen LogP contribution in [0.5, 0.6) is 0 Å². The normalized spacial score (nSPS) is 12.6. The maximum Gasteiger partial charge on any atom is 0.0208 e. The van der Waals surface area contributed by atoms with Crippen molar-refractivity contribution >= 4 is 88.2 Å². The van der Waals surface area contributed by atoms with Crippen LogP contribution < -0.4 is 0 Å². The predicted molar refractivity (Wildman–Crippen MR) is 292 cm³/mol. The van der Waals surface area contributed by atoms with E-state index in [1.807, 2.05) is 23.5 Å². The van der Waals surface area contributed by atoms with Crippen molar-refractivity contribution in [2.24, 2.45) is 0 Å². The molecule has 0 fully saturated rings. The van der Waals surface area contributed by atoms with Crippen molar-refractivity contribution in [3.8, 4) is 66.8 Å². The van der Waals surface area contributed by atoms with Crippen molar-refractivity contribution in [2.75, 3.05) is 0 Å². The summed E-state index contributed by atoms with van der Waals surface area (Å²) in [7, 11) is 0. The van der Waals surface area contributed by atoms with Gasteiger partial charge in [0, 0.05) is 30.4 Å². The summed E-state index contributed by atoms with van der Waals surface area (Å²) in [6.45, 7) is 0. The van der Waals surface area contributed by atoms with E-state index < -0.39 is 0 Å². The fourth-order valence-electron chi connectivity index (χ4n) is 11.7. The lowest BCUT2D eigenvalue weighted by Crippen LogP contribution is -1.99. The average Bonchev–Trinajstić information content (AvgIpc) is 3.40. The molecule has 0 radical (unpaired) electrons. The van der Waals surface area contributed by atoms with Crippen LogP contribution in [0.2, 0.25) is 0 Å². The molecule has 0 saturated carbocycles. The topological polar surface area (TPSA) is 0 Å². The SMILES string of the molecule is c1ccc(-c2c3ccccc3c(-c3ccc4c(c3)Sc3ccc5c6c(ccc-4c36)-c3ccc(-c4c6ccccc6c(-c6ccc7ccccc7c6)c6ccccc46)cc3S5)c3ccccc23)cc1. The Bertz CT molecular complexity index is 4200. The summed E-state index contributed by atoms with van der Waals surface area (Å²) in [6.07, 6.45) is 0. The highest BCUT2D eigenvalue weighted by Crippen LogP contribution is 2.57.